The quantitative estimate of drug-likeness (QED) is 0.612. The van der Waals surface area contributed by atoms with Gasteiger partial charge in [0.05, 0.1) is 21.7 Å². The molecule has 0 aliphatic rings. The summed E-state index contributed by atoms with van der Waals surface area (Å²) in [5, 5.41) is -0.360. The molecular weight excluding hydrogens is 388 g/mol. The third kappa shape index (κ3) is 4.61. The normalized spacial score (nSPS) is 12.8. The Morgan fingerprint density at radius 1 is 1.12 bits per heavy atom. The highest BCUT2D eigenvalue weighted by Crippen LogP contribution is 2.30. The highest BCUT2D eigenvalue weighted by molar-refractivity contribution is 9.10. The first-order chi connectivity index (χ1) is 11.5. The number of hydrogen-bond acceptors (Lipinski definition) is 3. The summed E-state index contributed by atoms with van der Waals surface area (Å²) in [7, 11) is -1.78. The van der Waals surface area contributed by atoms with Crippen LogP contribution in [0.3, 0.4) is 0 Å². The van der Waals surface area contributed by atoms with E-state index in [1.165, 1.54) is 5.56 Å². The van der Waals surface area contributed by atoms with Gasteiger partial charge in [0.15, 0.2) is 9.84 Å². The van der Waals surface area contributed by atoms with Gasteiger partial charge in [-0.05, 0) is 65.4 Å². The van der Waals surface area contributed by atoms with Crippen molar-refractivity contribution in [1.29, 1.82) is 0 Å². The summed E-state index contributed by atoms with van der Waals surface area (Å²) < 4.78 is 31.6. The highest BCUT2D eigenvalue weighted by atomic mass is 79.9. The fourth-order valence-electron chi connectivity index (χ4n) is 2.77. The minimum absolute atomic E-state index is 0.349. The van der Waals surface area contributed by atoms with Gasteiger partial charge in [0.25, 0.3) is 0 Å². The van der Waals surface area contributed by atoms with Crippen molar-refractivity contribution in [2.45, 2.75) is 42.8 Å². The summed E-state index contributed by atoms with van der Waals surface area (Å²) in [5.41, 5.74) is 1.25. The van der Waals surface area contributed by atoms with Gasteiger partial charge in [-0.3, -0.25) is 0 Å². The number of halogens is 1. The van der Waals surface area contributed by atoms with Crippen LogP contribution in [-0.4, -0.2) is 20.8 Å². The molecule has 2 aromatic rings. The highest BCUT2D eigenvalue weighted by Gasteiger charge is 2.26. The number of hydrogen-bond donors (Lipinski definition) is 0. The first kappa shape index (κ1) is 19.0. The van der Waals surface area contributed by atoms with E-state index in [-0.39, 0.29) is 5.25 Å². The van der Waals surface area contributed by atoms with E-state index < -0.39 is 9.84 Å². The van der Waals surface area contributed by atoms with Gasteiger partial charge in [0.2, 0.25) is 0 Å². The van der Waals surface area contributed by atoms with Crippen molar-refractivity contribution in [3.63, 3.8) is 0 Å². The van der Waals surface area contributed by atoms with E-state index in [9.17, 15) is 8.42 Å². The van der Waals surface area contributed by atoms with Crippen LogP contribution in [-0.2, 0) is 16.3 Å². The lowest BCUT2D eigenvalue weighted by Gasteiger charge is -2.17. The topological polar surface area (TPSA) is 43.4 Å². The first-order valence-electron chi connectivity index (χ1n) is 8.10. The second kappa shape index (κ2) is 8.67. The van der Waals surface area contributed by atoms with E-state index in [4.69, 9.17) is 4.74 Å². The summed E-state index contributed by atoms with van der Waals surface area (Å²) in [6.45, 7) is 1.93. The molecule has 2 aromatic carbocycles. The van der Waals surface area contributed by atoms with Gasteiger partial charge in [-0.15, -0.1) is 0 Å². The van der Waals surface area contributed by atoms with E-state index >= 15 is 0 Å². The Bertz CT molecular complexity index is 757. The van der Waals surface area contributed by atoms with Gasteiger partial charge >= 0.3 is 0 Å². The lowest BCUT2D eigenvalue weighted by atomic mass is 10.1. The fraction of sp³-hybridized carbons (Fsp3) is 0.368. The molecule has 0 N–H and O–H groups in total. The van der Waals surface area contributed by atoms with E-state index in [0.717, 1.165) is 12.8 Å². The Balaban J connectivity index is 2.09. The van der Waals surface area contributed by atoms with Crippen molar-refractivity contribution in [3.05, 3.63) is 58.6 Å². The van der Waals surface area contributed by atoms with E-state index in [1.54, 1.807) is 25.3 Å². The van der Waals surface area contributed by atoms with Gasteiger partial charge in [0, 0.05) is 0 Å². The Morgan fingerprint density at radius 2 is 1.83 bits per heavy atom. The molecule has 0 fully saturated rings. The standard InChI is InChI=1S/C19H23BrO3S/c1-3-16(11-7-10-15-8-5-4-6-9-15)24(21,22)17-12-13-19(23-2)18(20)14-17/h4-6,8-9,12-14,16H,3,7,10-11H2,1-2H3. The molecule has 130 valence electrons. The smallest absolute Gasteiger partial charge is 0.181 e. The lowest BCUT2D eigenvalue weighted by Crippen LogP contribution is -2.21. The van der Waals surface area contributed by atoms with Gasteiger partial charge in [-0.1, -0.05) is 37.3 Å². The van der Waals surface area contributed by atoms with Gasteiger partial charge in [-0.25, -0.2) is 8.42 Å². The van der Waals surface area contributed by atoms with Crippen LogP contribution < -0.4 is 4.74 Å². The third-order valence-corrected chi connectivity index (χ3v) is 7.16. The molecule has 0 spiro atoms. The molecule has 0 radical (unpaired) electrons. The Kier molecular flexibility index (Phi) is 6.87. The van der Waals surface area contributed by atoms with E-state index in [1.807, 2.05) is 25.1 Å². The Labute approximate surface area is 153 Å². The monoisotopic (exact) mass is 410 g/mol. The van der Waals surface area contributed by atoms with Crippen LogP contribution in [0.2, 0.25) is 0 Å². The van der Waals surface area contributed by atoms with E-state index in [0.29, 0.717) is 28.0 Å². The van der Waals surface area contributed by atoms with Crippen LogP contribution in [0.1, 0.15) is 31.7 Å². The number of benzene rings is 2. The van der Waals surface area contributed by atoms with Crippen molar-refractivity contribution < 1.29 is 13.2 Å². The van der Waals surface area contributed by atoms with Crippen molar-refractivity contribution >= 4 is 25.8 Å². The summed E-state index contributed by atoms with van der Waals surface area (Å²) in [6, 6.07) is 15.1. The van der Waals surface area contributed by atoms with E-state index in [2.05, 4.69) is 28.1 Å². The molecular formula is C19H23BrO3S. The van der Waals surface area contributed by atoms with Crippen LogP contribution in [0.15, 0.2) is 57.9 Å². The number of methoxy groups -OCH3 is 1. The fourth-order valence-corrected chi connectivity index (χ4v) is 5.31. The third-order valence-electron chi connectivity index (χ3n) is 4.18. The molecule has 2 rings (SSSR count). The molecule has 0 aromatic heterocycles. The van der Waals surface area contributed by atoms with Gasteiger partial charge in [0.1, 0.15) is 5.75 Å². The maximum Gasteiger partial charge on any atom is 0.181 e. The molecule has 0 amide bonds. The number of aryl methyl sites for hydroxylation is 1. The molecule has 0 bridgehead atoms. The van der Waals surface area contributed by atoms with Gasteiger partial charge < -0.3 is 4.74 Å². The van der Waals surface area contributed by atoms with Crippen molar-refractivity contribution in [2.75, 3.05) is 7.11 Å². The maximum absolute atomic E-state index is 12.9. The van der Waals surface area contributed by atoms with Crippen molar-refractivity contribution in [3.8, 4) is 5.75 Å². The van der Waals surface area contributed by atoms with Crippen molar-refractivity contribution in [2.24, 2.45) is 0 Å². The molecule has 1 atom stereocenters. The summed E-state index contributed by atoms with van der Waals surface area (Å²) in [4.78, 5) is 0.349. The second-order valence-corrected chi connectivity index (χ2v) is 8.83. The average Bonchev–Trinajstić information content (AvgIpc) is 2.59. The molecule has 0 aliphatic heterocycles. The molecule has 0 aliphatic carbocycles. The molecule has 24 heavy (non-hydrogen) atoms. The molecule has 0 saturated carbocycles. The van der Waals surface area contributed by atoms with Gasteiger partial charge in [-0.2, -0.15) is 0 Å². The van der Waals surface area contributed by atoms with Crippen LogP contribution in [0, 0.1) is 0 Å². The number of sulfone groups is 1. The van der Waals surface area contributed by atoms with Crippen molar-refractivity contribution in [1.82, 2.24) is 0 Å². The molecule has 3 nitrogen and oxygen atoms in total. The zero-order chi connectivity index (χ0) is 17.6. The Hall–Kier alpha value is -1.33. The number of rotatable bonds is 8. The first-order valence-corrected chi connectivity index (χ1v) is 10.4. The SMILES string of the molecule is CCC(CCCc1ccccc1)S(=O)(=O)c1ccc(OC)c(Br)c1. The lowest BCUT2D eigenvalue weighted by molar-refractivity contribution is 0.411. The molecule has 0 heterocycles. The van der Waals surface area contributed by atoms with Crippen LogP contribution >= 0.6 is 15.9 Å². The minimum atomic E-state index is -3.34. The summed E-state index contributed by atoms with van der Waals surface area (Å²) in [5.74, 6) is 0.631. The summed E-state index contributed by atoms with van der Waals surface area (Å²) >= 11 is 3.36. The maximum atomic E-state index is 12.9. The zero-order valence-electron chi connectivity index (χ0n) is 14.0. The molecule has 5 heteroatoms. The van der Waals surface area contributed by atoms with Crippen LogP contribution in [0.25, 0.3) is 0 Å². The number of ether oxygens (including phenoxy) is 1. The van der Waals surface area contributed by atoms with Crippen LogP contribution in [0.4, 0.5) is 0 Å². The Morgan fingerprint density at radius 3 is 2.42 bits per heavy atom. The minimum Gasteiger partial charge on any atom is -0.496 e. The molecule has 1 unspecified atom stereocenters. The predicted octanol–water partition coefficient (Wildman–Crippen LogP) is 5.03. The summed E-state index contributed by atoms with van der Waals surface area (Å²) in [6.07, 6.45) is 3.04. The molecule has 0 saturated heterocycles. The average molecular weight is 411 g/mol. The largest absolute Gasteiger partial charge is 0.496 e. The second-order valence-electron chi connectivity index (χ2n) is 5.75. The van der Waals surface area contributed by atoms with Crippen LogP contribution in [0.5, 0.6) is 5.75 Å². The predicted molar refractivity (Wildman–Crippen MR) is 101 cm³/mol. The zero-order valence-corrected chi connectivity index (χ0v) is 16.4.